The third kappa shape index (κ3) is 4.19. The van der Waals surface area contributed by atoms with Gasteiger partial charge in [-0.1, -0.05) is 0 Å². The van der Waals surface area contributed by atoms with Crippen molar-refractivity contribution in [1.29, 1.82) is 0 Å². The number of aliphatic hydroxyl groups excluding tert-OH is 1. The molecule has 13 heteroatoms. The van der Waals surface area contributed by atoms with E-state index in [0.717, 1.165) is 0 Å². The van der Waals surface area contributed by atoms with Crippen molar-refractivity contribution in [1.82, 2.24) is 14.9 Å². The zero-order chi connectivity index (χ0) is 27.1. The Bertz CT molecular complexity index is 1680. The second kappa shape index (κ2) is 9.53. The maximum atomic E-state index is 13.1. The molecule has 0 bridgehead atoms. The number of carbonyl (C=O) groups is 2. The van der Waals surface area contributed by atoms with Crippen LogP contribution in [-0.2, 0) is 20.9 Å². The predicted molar refractivity (Wildman–Crippen MR) is 136 cm³/mol. The standard InChI is InChI=1S/C25H21N5O8/c1-2-38-12-15(31)10-28-11-19(17-8-14(30(36)37)4-6-21(17)28)23-22(24(32)27-25(23)33)18-9-26-20-5-3-13(29(34)35)7-16(18)20/h3-9,11,15,26,31H,2,10,12H2,1H3,(H,27,32,33). The van der Waals surface area contributed by atoms with Crippen LogP contribution >= 0.6 is 0 Å². The van der Waals surface area contributed by atoms with Crippen LogP contribution in [-0.4, -0.2) is 55.6 Å². The number of nitro groups is 2. The van der Waals surface area contributed by atoms with E-state index >= 15 is 0 Å². The number of carbonyl (C=O) groups excluding carboxylic acids is 2. The van der Waals surface area contributed by atoms with E-state index in [9.17, 15) is 34.9 Å². The number of amides is 2. The van der Waals surface area contributed by atoms with Crippen LogP contribution in [0.25, 0.3) is 33.0 Å². The second-order valence-corrected chi connectivity index (χ2v) is 8.69. The first-order valence-electron chi connectivity index (χ1n) is 11.6. The van der Waals surface area contributed by atoms with Crippen LogP contribution in [0.1, 0.15) is 18.1 Å². The number of ether oxygens (including phenoxy) is 1. The summed E-state index contributed by atoms with van der Waals surface area (Å²) in [6.45, 7) is 2.31. The Hall–Kier alpha value is -4.88. The Kier molecular flexibility index (Phi) is 6.22. The molecule has 4 aromatic rings. The average Bonchev–Trinajstić information content (AvgIpc) is 3.54. The summed E-state index contributed by atoms with van der Waals surface area (Å²) >= 11 is 0. The highest BCUT2D eigenvalue weighted by atomic mass is 16.6. The first-order valence-corrected chi connectivity index (χ1v) is 11.6. The van der Waals surface area contributed by atoms with Crippen LogP contribution in [0.3, 0.4) is 0 Å². The fourth-order valence-electron chi connectivity index (χ4n) is 4.68. The molecule has 1 atom stereocenters. The molecule has 0 saturated heterocycles. The van der Waals surface area contributed by atoms with Gasteiger partial charge in [0.05, 0.1) is 40.2 Å². The summed E-state index contributed by atoms with van der Waals surface area (Å²) in [6.07, 6.45) is 2.12. The quantitative estimate of drug-likeness (QED) is 0.171. The maximum absolute atomic E-state index is 13.1. The average molecular weight is 519 g/mol. The third-order valence-electron chi connectivity index (χ3n) is 6.34. The number of nitro benzene ring substituents is 2. The molecule has 1 unspecified atom stereocenters. The van der Waals surface area contributed by atoms with Gasteiger partial charge in [0.25, 0.3) is 23.2 Å². The van der Waals surface area contributed by atoms with Crippen molar-refractivity contribution in [3.63, 3.8) is 0 Å². The predicted octanol–water partition coefficient (Wildman–Crippen LogP) is 2.90. The largest absolute Gasteiger partial charge is 0.389 e. The minimum absolute atomic E-state index is 0.0258. The van der Waals surface area contributed by atoms with E-state index in [1.165, 1.54) is 42.6 Å². The lowest BCUT2D eigenvalue weighted by molar-refractivity contribution is -0.384. The van der Waals surface area contributed by atoms with E-state index in [1.807, 2.05) is 0 Å². The fraction of sp³-hybridized carbons (Fsp3) is 0.200. The van der Waals surface area contributed by atoms with Crippen molar-refractivity contribution in [2.75, 3.05) is 13.2 Å². The van der Waals surface area contributed by atoms with Crippen molar-refractivity contribution < 1.29 is 29.3 Å². The summed E-state index contributed by atoms with van der Waals surface area (Å²) in [4.78, 5) is 50.8. The van der Waals surface area contributed by atoms with Crippen molar-refractivity contribution >= 4 is 56.1 Å². The molecule has 3 heterocycles. The molecule has 5 rings (SSSR count). The van der Waals surface area contributed by atoms with Gasteiger partial charge in [0.1, 0.15) is 0 Å². The van der Waals surface area contributed by atoms with Crippen LogP contribution in [0.15, 0.2) is 48.8 Å². The Labute approximate surface area is 213 Å². The van der Waals surface area contributed by atoms with Crippen LogP contribution in [0.5, 0.6) is 0 Å². The number of hydrogen-bond acceptors (Lipinski definition) is 8. The summed E-state index contributed by atoms with van der Waals surface area (Å²) in [7, 11) is 0. The Morgan fingerprint density at radius 1 is 0.974 bits per heavy atom. The minimum Gasteiger partial charge on any atom is -0.389 e. The van der Waals surface area contributed by atoms with Gasteiger partial charge in [-0.3, -0.25) is 35.1 Å². The molecule has 13 nitrogen and oxygen atoms in total. The van der Waals surface area contributed by atoms with Crippen LogP contribution in [0.2, 0.25) is 0 Å². The third-order valence-corrected chi connectivity index (χ3v) is 6.34. The van der Waals surface area contributed by atoms with E-state index in [0.29, 0.717) is 28.4 Å². The molecule has 1 aliphatic rings. The SMILES string of the molecule is CCOCC(O)Cn1cc(C2=C(c3c[nH]c4ccc([N+](=O)[O-])cc34)C(=O)NC2=O)c2cc([N+](=O)[O-])ccc21. The molecular weight excluding hydrogens is 498 g/mol. The van der Waals surface area contributed by atoms with Crippen LogP contribution in [0.4, 0.5) is 11.4 Å². The van der Waals surface area contributed by atoms with E-state index in [1.54, 1.807) is 17.7 Å². The Morgan fingerprint density at radius 3 is 2.26 bits per heavy atom. The number of nitrogens with one attached hydrogen (secondary N) is 2. The number of nitrogens with zero attached hydrogens (tertiary/aromatic N) is 3. The first kappa shape index (κ1) is 24.8. The van der Waals surface area contributed by atoms with Gasteiger partial charge in [-0.2, -0.15) is 0 Å². The minimum atomic E-state index is -0.907. The lowest BCUT2D eigenvalue weighted by Gasteiger charge is -2.12. The number of H-pyrrole nitrogens is 1. The van der Waals surface area contributed by atoms with Gasteiger partial charge in [0, 0.05) is 76.2 Å². The van der Waals surface area contributed by atoms with Gasteiger partial charge in [0.15, 0.2) is 0 Å². The number of aromatic nitrogens is 2. The van der Waals surface area contributed by atoms with Crippen LogP contribution < -0.4 is 5.32 Å². The van der Waals surface area contributed by atoms with Crippen molar-refractivity contribution in [2.24, 2.45) is 0 Å². The van der Waals surface area contributed by atoms with Crippen molar-refractivity contribution in [3.05, 3.63) is 80.1 Å². The summed E-state index contributed by atoms with van der Waals surface area (Å²) in [5.74, 6) is -1.43. The summed E-state index contributed by atoms with van der Waals surface area (Å²) in [5, 5.41) is 36.3. The van der Waals surface area contributed by atoms with Gasteiger partial charge in [0.2, 0.25) is 0 Å². The number of aliphatic hydroxyl groups is 1. The van der Waals surface area contributed by atoms with Gasteiger partial charge < -0.3 is 19.4 Å². The summed E-state index contributed by atoms with van der Waals surface area (Å²) in [6, 6.07) is 8.25. The number of imide groups is 1. The smallest absolute Gasteiger partial charge is 0.270 e. The number of non-ortho nitro benzene ring substituents is 2. The molecule has 0 spiro atoms. The van der Waals surface area contributed by atoms with Crippen molar-refractivity contribution in [3.8, 4) is 0 Å². The molecular formula is C25H21N5O8. The van der Waals surface area contributed by atoms with Crippen molar-refractivity contribution in [2.45, 2.75) is 19.6 Å². The van der Waals surface area contributed by atoms with Gasteiger partial charge in [-0.25, -0.2) is 0 Å². The zero-order valence-corrected chi connectivity index (χ0v) is 20.0. The summed E-state index contributed by atoms with van der Waals surface area (Å²) < 4.78 is 6.92. The molecule has 2 aromatic heterocycles. The Balaban J connectivity index is 1.75. The molecule has 38 heavy (non-hydrogen) atoms. The fourth-order valence-corrected chi connectivity index (χ4v) is 4.68. The topological polar surface area (TPSA) is 183 Å². The van der Waals surface area contributed by atoms with E-state index in [4.69, 9.17) is 4.74 Å². The van der Waals surface area contributed by atoms with Crippen LogP contribution in [0, 0.1) is 20.2 Å². The van der Waals surface area contributed by atoms with E-state index in [2.05, 4.69) is 10.3 Å². The highest BCUT2D eigenvalue weighted by Crippen LogP contribution is 2.39. The number of benzene rings is 2. The molecule has 0 fully saturated rings. The molecule has 194 valence electrons. The molecule has 2 amide bonds. The second-order valence-electron chi connectivity index (χ2n) is 8.69. The zero-order valence-electron chi connectivity index (χ0n) is 20.0. The lowest BCUT2D eigenvalue weighted by Crippen LogP contribution is -2.22. The summed E-state index contributed by atoms with van der Waals surface area (Å²) in [5.41, 5.74) is 1.04. The maximum Gasteiger partial charge on any atom is 0.270 e. The number of fused-ring (bicyclic) bond motifs is 2. The molecule has 3 N–H and O–H groups in total. The molecule has 0 saturated carbocycles. The van der Waals surface area contributed by atoms with E-state index in [-0.39, 0.29) is 46.8 Å². The molecule has 0 aliphatic carbocycles. The highest BCUT2D eigenvalue weighted by Gasteiger charge is 2.35. The van der Waals surface area contributed by atoms with E-state index < -0.39 is 27.8 Å². The number of rotatable bonds is 9. The first-order chi connectivity index (χ1) is 18.2. The normalized spacial score (nSPS) is 14.5. The highest BCUT2D eigenvalue weighted by molar-refractivity contribution is 6.50. The Morgan fingerprint density at radius 2 is 1.61 bits per heavy atom. The van der Waals surface area contributed by atoms with Gasteiger partial charge in [-0.05, 0) is 19.1 Å². The number of aromatic amines is 1. The monoisotopic (exact) mass is 519 g/mol. The molecule has 2 aromatic carbocycles. The lowest BCUT2D eigenvalue weighted by atomic mass is 9.95. The van der Waals surface area contributed by atoms with Gasteiger partial charge in [-0.15, -0.1) is 0 Å². The van der Waals surface area contributed by atoms with Gasteiger partial charge >= 0.3 is 0 Å². The molecule has 1 aliphatic heterocycles. The molecule has 0 radical (unpaired) electrons. The number of hydrogen-bond donors (Lipinski definition) is 3.